The van der Waals surface area contributed by atoms with Gasteiger partial charge in [0, 0.05) is 18.5 Å². The van der Waals surface area contributed by atoms with Crippen molar-refractivity contribution in [3.8, 4) is 34.8 Å². The highest BCUT2D eigenvalue weighted by Crippen LogP contribution is 2.32. The van der Waals surface area contributed by atoms with Gasteiger partial charge in [0.05, 0.1) is 36.4 Å². The van der Waals surface area contributed by atoms with Crippen LogP contribution in [0.5, 0.6) is 34.8 Å². The topological polar surface area (TPSA) is 122 Å². The number of hydrogen-bond donors (Lipinski definition) is 0. The van der Waals surface area contributed by atoms with Crippen LogP contribution in [0.4, 0.5) is 13.2 Å². The molecule has 12 nitrogen and oxygen atoms in total. The Labute approximate surface area is 313 Å². The van der Waals surface area contributed by atoms with Crippen LogP contribution in [0.3, 0.4) is 0 Å². The summed E-state index contributed by atoms with van der Waals surface area (Å²) in [6, 6.07) is 16.7. The van der Waals surface area contributed by atoms with E-state index in [0.717, 1.165) is 25.0 Å². The maximum Gasteiger partial charge on any atom is 0.417 e. The van der Waals surface area contributed by atoms with Crippen LogP contribution in [0.2, 0.25) is 10.0 Å². The van der Waals surface area contributed by atoms with E-state index in [1.807, 2.05) is 6.92 Å². The van der Waals surface area contributed by atoms with Gasteiger partial charge < -0.3 is 18.9 Å². The Hall–Kier alpha value is -4.83. The zero-order chi connectivity index (χ0) is 38.1. The van der Waals surface area contributed by atoms with Gasteiger partial charge in [-0.15, -0.1) is 0 Å². The Kier molecular flexibility index (Phi) is 13.2. The molecule has 17 heteroatoms. The predicted molar refractivity (Wildman–Crippen MR) is 186 cm³/mol. The second kappa shape index (κ2) is 17.8. The number of alkyl halides is 3. The van der Waals surface area contributed by atoms with Crippen molar-refractivity contribution in [2.45, 2.75) is 58.1 Å². The summed E-state index contributed by atoms with van der Waals surface area (Å²) in [6.07, 6.45) is -1.98. The lowest BCUT2D eigenvalue weighted by molar-refractivity contribution is -0.184. The summed E-state index contributed by atoms with van der Waals surface area (Å²) in [5.41, 5.74) is -0.848. The lowest BCUT2D eigenvalue weighted by Crippen LogP contribution is -2.38. The number of pyridine rings is 2. The highest BCUT2D eigenvalue weighted by atomic mass is 35.5. The minimum atomic E-state index is -4.45. The molecule has 0 bridgehead atoms. The maximum absolute atomic E-state index is 12.5. The molecule has 2 saturated heterocycles. The lowest BCUT2D eigenvalue weighted by Gasteiger charge is -2.20. The molecule has 2 aliphatic rings. The molecule has 0 spiro atoms. The van der Waals surface area contributed by atoms with E-state index in [-0.39, 0.29) is 29.7 Å². The van der Waals surface area contributed by atoms with Gasteiger partial charge in [-0.3, -0.25) is 19.3 Å². The zero-order valence-electron chi connectivity index (χ0n) is 28.7. The molecule has 282 valence electrons. The summed E-state index contributed by atoms with van der Waals surface area (Å²) in [5.74, 6) is 1.72. The highest BCUT2D eigenvalue weighted by Gasteiger charge is 2.31. The first-order chi connectivity index (χ1) is 25.2. The van der Waals surface area contributed by atoms with Gasteiger partial charge in [0.1, 0.15) is 28.0 Å². The molecule has 2 aromatic carbocycles. The van der Waals surface area contributed by atoms with Gasteiger partial charge in [0.15, 0.2) is 12.2 Å². The SMILES string of the molecule is CC(Oc1ccc(Oc2ccc(C(F)(F)F)cn2)cc1)C(=O)N1CCCO1.CC1CCN(C(=O)C(C)Oc2ccc(Oc3ncc(Cl)cc3Cl)cc2)O1. The number of hydroxylamine groups is 4. The first kappa shape index (κ1) is 39.4. The molecule has 2 aromatic heterocycles. The van der Waals surface area contributed by atoms with E-state index in [9.17, 15) is 22.8 Å². The first-order valence-electron chi connectivity index (χ1n) is 16.4. The summed E-state index contributed by atoms with van der Waals surface area (Å²) in [7, 11) is 0. The predicted octanol–water partition coefficient (Wildman–Crippen LogP) is 8.32. The molecule has 2 fully saturated rings. The molecule has 53 heavy (non-hydrogen) atoms. The lowest BCUT2D eigenvalue weighted by atomic mass is 10.3. The molecule has 6 rings (SSSR count). The van der Waals surface area contributed by atoms with Crippen LogP contribution in [-0.4, -0.2) is 69.9 Å². The second-order valence-corrected chi connectivity index (χ2v) is 12.6. The molecule has 4 heterocycles. The molecule has 0 saturated carbocycles. The number of ether oxygens (including phenoxy) is 4. The fraction of sp³-hybridized carbons (Fsp3) is 0.333. The van der Waals surface area contributed by atoms with E-state index in [2.05, 4.69) is 9.97 Å². The van der Waals surface area contributed by atoms with Crippen molar-refractivity contribution in [3.63, 3.8) is 0 Å². The fourth-order valence-electron chi connectivity index (χ4n) is 4.81. The van der Waals surface area contributed by atoms with Gasteiger partial charge in [0.25, 0.3) is 11.8 Å². The largest absolute Gasteiger partial charge is 0.481 e. The minimum Gasteiger partial charge on any atom is -0.481 e. The second-order valence-electron chi connectivity index (χ2n) is 11.8. The fourth-order valence-corrected chi connectivity index (χ4v) is 5.23. The van der Waals surface area contributed by atoms with Crippen molar-refractivity contribution >= 4 is 35.0 Å². The van der Waals surface area contributed by atoms with Crippen LogP contribution in [0.1, 0.15) is 39.2 Å². The summed E-state index contributed by atoms with van der Waals surface area (Å²) in [6.45, 7) is 6.88. The summed E-state index contributed by atoms with van der Waals surface area (Å²) in [4.78, 5) is 42.7. The molecule has 0 aliphatic carbocycles. The van der Waals surface area contributed by atoms with Crippen molar-refractivity contribution in [2.75, 3.05) is 19.7 Å². The van der Waals surface area contributed by atoms with Gasteiger partial charge in [-0.25, -0.2) is 20.1 Å². The van der Waals surface area contributed by atoms with Gasteiger partial charge in [0.2, 0.25) is 11.8 Å². The summed E-state index contributed by atoms with van der Waals surface area (Å²) < 4.78 is 59.8. The Bertz CT molecular complexity index is 1830. The Morgan fingerprint density at radius 2 is 1.40 bits per heavy atom. The Morgan fingerprint density at radius 3 is 1.89 bits per heavy atom. The molecule has 2 aliphatic heterocycles. The van der Waals surface area contributed by atoms with Crippen LogP contribution >= 0.6 is 23.2 Å². The first-order valence-corrected chi connectivity index (χ1v) is 17.2. The average molecular weight is 780 g/mol. The number of hydrogen-bond acceptors (Lipinski definition) is 10. The third kappa shape index (κ3) is 11.3. The van der Waals surface area contributed by atoms with Crippen LogP contribution in [0.25, 0.3) is 0 Å². The van der Waals surface area contributed by atoms with Crippen LogP contribution in [-0.2, 0) is 25.4 Å². The number of rotatable bonds is 10. The van der Waals surface area contributed by atoms with Crippen LogP contribution in [0, 0.1) is 0 Å². The summed E-state index contributed by atoms with van der Waals surface area (Å²) in [5, 5.41) is 3.40. The number of benzene rings is 2. The monoisotopic (exact) mass is 778 g/mol. The van der Waals surface area contributed by atoms with E-state index < -0.39 is 23.9 Å². The quantitative estimate of drug-likeness (QED) is 0.155. The standard InChI is InChI=1S/C18H18Cl2N2O4.C18H17F3N2O4/c1-11-7-8-22(26-11)18(23)12(2)24-14-3-5-15(6-4-14)25-17-16(20)9-13(19)10-21-17;1-12(17(24)23-9-2-10-25-23)26-14-4-6-15(7-5-14)27-16-8-3-13(11-22-16)18(19,20)21/h3-6,9-12H,7-8H2,1-2H3;3-8,11-12H,2,9-10H2,1H3. The van der Waals surface area contributed by atoms with Gasteiger partial charge in [-0.2, -0.15) is 13.2 Å². The van der Waals surface area contributed by atoms with E-state index in [4.69, 9.17) is 51.8 Å². The minimum absolute atomic E-state index is 0.0337. The third-order valence-corrected chi connectivity index (χ3v) is 8.01. The number of amides is 2. The van der Waals surface area contributed by atoms with E-state index in [1.165, 1.54) is 16.3 Å². The maximum atomic E-state index is 12.5. The number of carbonyl (C=O) groups excluding carboxylic acids is 2. The van der Waals surface area contributed by atoms with E-state index in [1.54, 1.807) is 68.4 Å². The number of carbonyl (C=O) groups is 2. The molecular weight excluding hydrogens is 744 g/mol. The van der Waals surface area contributed by atoms with Crippen molar-refractivity contribution in [1.29, 1.82) is 0 Å². The van der Waals surface area contributed by atoms with Gasteiger partial charge in [-0.1, -0.05) is 23.2 Å². The van der Waals surface area contributed by atoms with E-state index >= 15 is 0 Å². The third-order valence-electron chi connectivity index (χ3n) is 7.53. The highest BCUT2D eigenvalue weighted by molar-refractivity contribution is 6.35. The Balaban J connectivity index is 0.000000204. The van der Waals surface area contributed by atoms with Crippen molar-refractivity contribution in [1.82, 2.24) is 20.1 Å². The van der Waals surface area contributed by atoms with Crippen LogP contribution in [0.15, 0.2) is 79.1 Å². The molecule has 0 radical (unpaired) electrons. The van der Waals surface area contributed by atoms with E-state index in [0.29, 0.717) is 58.9 Å². The molecule has 0 N–H and O–H groups in total. The molecule has 2 amide bonds. The number of nitrogens with zero attached hydrogens (tertiary/aromatic N) is 4. The van der Waals surface area contributed by atoms with Crippen molar-refractivity contribution in [2.24, 2.45) is 0 Å². The molecular formula is C36H35Cl2F3N4O8. The molecule has 3 atom stereocenters. The Morgan fingerprint density at radius 1 is 0.811 bits per heavy atom. The smallest absolute Gasteiger partial charge is 0.417 e. The zero-order valence-corrected chi connectivity index (χ0v) is 30.2. The average Bonchev–Trinajstić information content (AvgIpc) is 3.83. The normalized spacial score (nSPS) is 16.6. The van der Waals surface area contributed by atoms with Gasteiger partial charge in [-0.05, 0) is 94.3 Å². The number of halogens is 5. The van der Waals surface area contributed by atoms with Gasteiger partial charge >= 0.3 is 6.18 Å². The summed E-state index contributed by atoms with van der Waals surface area (Å²) >= 11 is 11.8. The van der Waals surface area contributed by atoms with Crippen LogP contribution < -0.4 is 18.9 Å². The van der Waals surface area contributed by atoms with Crippen molar-refractivity contribution in [3.05, 3.63) is 94.7 Å². The number of aromatic nitrogens is 2. The molecule has 4 aromatic rings. The van der Waals surface area contributed by atoms with Crippen molar-refractivity contribution < 1.29 is 51.4 Å². The molecule has 3 unspecified atom stereocenters.